The van der Waals surface area contributed by atoms with Crippen LogP contribution in [0.4, 0.5) is 17.5 Å². The van der Waals surface area contributed by atoms with Crippen LogP contribution in [-0.4, -0.2) is 48.0 Å². The molecule has 1 aliphatic carbocycles. The van der Waals surface area contributed by atoms with Crippen molar-refractivity contribution < 1.29 is 9.59 Å². The Hall–Kier alpha value is -4.46. The average molecular weight is 565 g/mol. The number of anilines is 3. The van der Waals surface area contributed by atoms with Gasteiger partial charge in [0.15, 0.2) is 0 Å². The summed E-state index contributed by atoms with van der Waals surface area (Å²) in [6, 6.07) is 23.6. The van der Waals surface area contributed by atoms with Crippen LogP contribution in [0.25, 0.3) is 10.9 Å². The third kappa shape index (κ3) is 7.05. The molecule has 1 fully saturated rings. The zero-order valence-electron chi connectivity index (χ0n) is 24.9. The molecule has 3 N–H and O–H groups in total. The van der Waals surface area contributed by atoms with Crippen LogP contribution in [0, 0.1) is 0 Å². The number of carbonyl (C=O) groups is 2. The molecule has 0 saturated heterocycles. The molecule has 0 spiro atoms. The van der Waals surface area contributed by atoms with Crippen LogP contribution in [-0.2, 0) is 11.2 Å². The van der Waals surface area contributed by atoms with Gasteiger partial charge in [-0.05, 0) is 73.1 Å². The molecule has 42 heavy (non-hydrogen) atoms. The molecule has 0 bridgehead atoms. The minimum Gasteiger partial charge on any atom is -0.362 e. The summed E-state index contributed by atoms with van der Waals surface area (Å²) in [6.45, 7) is 4.28. The molecule has 8 heteroatoms. The number of carbonyl (C=O) groups excluding carboxylic acids is 2. The van der Waals surface area contributed by atoms with Gasteiger partial charge < -0.3 is 20.9 Å². The van der Waals surface area contributed by atoms with Gasteiger partial charge in [0.1, 0.15) is 5.82 Å². The molecule has 5 rings (SSSR count). The quantitative estimate of drug-likeness (QED) is 0.225. The highest BCUT2D eigenvalue weighted by molar-refractivity contribution is 6.06. The number of hydrogen-bond donors (Lipinski definition) is 3. The van der Waals surface area contributed by atoms with E-state index in [1.165, 1.54) is 5.56 Å². The van der Waals surface area contributed by atoms with E-state index >= 15 is 0 Å². The van der Waals surface area contributed by atoms with E-state index in [-0.39, 0.29) is 30.3 Å². The van der Waals surface area contributed by atoms with Gasteiger partial charge in [0.25, 0.3) is 5.91 Å². The van der Waals surface area contributed by atoms with Crippen LogP contribution in [0.2, 0.25) is 0 Å². The number of aromatic nitrogens is 2. The van der Waals surface area contributed by atoms with E-state index < -0.39 is 0 Å². The Morgan fingerprint density at radius 3 is 2.24 bits per heavy atom. The average Bonchev–Trinajstić information content (AvgIpc) is 2.98. The number of hydrogen-bond acceptors (Lipinski definition) is 6. The Kier molecular flexibility index (Phi) is 9.00. The molecule has 4 aromatic rings. The maximum absolute atomic E-state index is 13.1. The summed E-state index contributed by atoms with van der Waals surface area (Å²) in [5, 5.41) is 10.7. The number of fused-ring (bicyclic) bond motifs is 1. The highest BCUT2D eigenvalue weighted by atomic mass is 16.2. The first kappa shape index (κ1) is 29.0. The van der Waals surface area contributed by atoms with Crippen molar-refractivity contribution in [2.75, 3.05) is 29.6 Å². The van der Waals surface area contributed by atoms with Gasteiger partial charge in [-0.1, -0.05) is 56.3 Å². The van der Waals surface area contributed by atoms with Gasteiger partial charge in [-0.15, -0.1) is 0 Å². The SMILES string of the molecule is CC(C)c1ccc(NC(=O)c2ccccc2CC(=O)NC2CCC(Nc3nc(N(C)C)c4ccccc4n3)CC2)cc1. The predicted octanol–water partition coefficient (Wildman–Crippen LogP) is 6.15. The minimum atomic E-state index is -0.212. The number of amides is 2. The van der Waals surface area contributed by atoms with E-state index in [4.69, 9.17) is 9.97 Å². The van der Waals surface area contributed by atoms with Gasteiger partial charge in [-0.25, -0.2) is 4.98 Å². The van der Waals surface area contributed by atoms with Gasteiger partial charge in [-0.2, -0.15) is 4.98 Å². The van der Waals surface area contributed by atoms with Crippen molar-refractivity contribution >= 4 is 40.2 Å². The number of nitrogens with one attached hydrogen (secondary N) is 3. The molecular weight excluding hydrogens is 524 g/mol. The van der Waals surface area contributed by atoms with Crippen molar-refractivity contribution in [3.63, 3.8) is 0 Å². The van der Waals surface area contributed by atoms with Crippen LogP contribution < -0.4 is 20.9 Å². The summed E-state index contributed by atoms with van der Waals surface area (Å²) in [5.74, 6) is 1.67. The largest absolute Gasteiger partial charge is 0.362 e. The maximum Gasteiger partial charge on any atom is 0.255 e. The molecule has 1 aliphatic rings. The number of para-hydroxylation sites is 1. The van der Waals surface area contributed by atoms with Crippen molar-refractivity contribution in [2.24, 2.45) is 0 Å². The standard InChI is InChI=1S/C34H40N6O2/c1-22(2)23-13-15-26(16-14-23)36-33(42)28-10-6-5-9-24(28)21-31(41)35-25-17-19-27(20-18-25)37-34-38-30-12-8-7-11-29(30)32(39-34)40(3)4/h5-16,22,25,27H,17-21H2,1-4H3,(H,35,41)(H,36,42)(H,37,38,39). The highest BCUT2D eigenvalue weighted by Crippen LogP contribution is 2.26. The fourth-order valence-corrected chi connectivity index (χ4v) is 5.53. The molecule has 2 amide bonds. The third-order valence-corrected chi connectivity index (χ3v) is 7.88. The Labute approximate surface area is 248 Å². The summed E-state index contributed by atoms with van der Waals surface area (Å²) in [6.07, 6.45) is 3.71. The van der Waals surface area contributed by atoms with Crippen LogP contribution in [0.3, 0.4) is 0 Å². The van der Waals surface area contributed by atoms with Crippen LogP contribution in [0.1, 0.15) is 66.9 Å². The first-order valence-electron chi connectivity index (χ1n) is 14.8. The summed E-state index contributed by atoms with van der Waals surface area (Å²) >= 11 is 0. The summed E-state index contributed by atoms with van der Waals surface area (Å²) in [7, 11) is 3.98. The smallest absolute Gasteiger partial charge is 0.255 e. The number of nitrogens with zero attached hydrogens (tertiary/aromatic N) is 3. The lowest BCUT2D eigenvalue weighted by Crippen LogP contribution is -2.41. The molecule has 0 atom stereocenters. The fraction of sp³-hybridized carbons (Fsp3) is 0.353. The molecule has 0 aliphatic heterocycles. The molecule has 218 valence electrons. The second-order valence-corrected chi connectivity index (χ2v) is 11.6. The summed E-state index contributed by atoms with van der Waals surface area (Å²) in [5.41, 5.74) is 4.10. The monoisotopic (exact) mass is 564 g/mol. The van der Waals surface area contributed by atoms with Crippen molar-refractivity contribution in [1.29, 1.82) is 0 Å². The molecule has 1 aromatic heterocycles. The van der Waals surface area contributed by atoms with E-state index in [2.05, 4.69) is 29.8 Å². The molecule has 8 nitrogen and oxygen atoms in total. The van der Waals surface area contributed by atoms with Gasteiger partial charge in [0, 0.05) is 42.8 Å². The molecule has 0 unspecified atom stereocenters. The van der Waals surface area contributed by atoms with E-state index in [1.807, 2.05) is 85.7 Å². The van der Waals surface area contributed by atoms with Gasteiger partial charge >= 0.3 is 0 Å². The second-order valence-electron chi connectivity index (χ2n) is 11.6. The molecule has 1 saturated carbocycles. The van der Waals surface area contributed by atoms with Gasteiger partial charge in [-0.3, -0.25) is 9.59 Å². The van der Waals surface area contributed by atoms with Gasteiger partial charge in [0.05, 0.1) is 11.9 Å². The summed E-state index contributed by atoms with van der Waals surface area (Å²) < 4.78 is 0. The fourth-order valence-electron chi connectivity index (χ4n) is 5.53. The Balaban J connectivity index is 1.14. The van der Waals surface area contributed by atoms with E-state index in [9.17, 15) is 9.59 Å². The second kappa shape index (κ2) is 13.0. The third-order valence-electron chi connectivity index (χ3n) is 7.88. The first-order chi connectivity index (χ1) is 20.3. The van der Waals surface area contributed by atoms with Gasteiger partial charge in [0.2, 0.25) is 11.9 Å². The lowest BCUT2D eigenvalue weighted by Gasteiger charge is -2.30. The summed E-state index contributed by atoms with van der Waals surface area (Å²) in [4.78, 5) is 37.6. The number of rotatable bonds is 9. The Bertz CT molecular complexity index is 1540. The number of benzene rings is 3. The lowest BCUT2D eigenvalue weighted by atomic mass is 9.91. The molecular formula is C34H40N6O2. The maximum atomic E-state index is 13.1. The van der Waals surface area contributed by atoms with E-state index in [0.29, 0.717) is 23.0 Å². The Morgan fingerprint density at radius 1 is 0.857 bits per heavy atom. The van der Waals surface area contributed by atoms with E-state index in [1.54, 1.807) is 6.07 Å². The van der Waals surface area contributed by atoms with Crippen molar-refractivity contribution in [3.05, 3.63) is 89.5 Å². The van der Waals surface area contributed by atoms with E-state index in [0.717, 1.165) is 48.1 Å². The topological polar surface area (TPSA) is 99.2 Å². The highest BCUT2D eigenvalue weighted by Gasteiger charge is 2.24. The zero-order chi connectivity index (χ0) is 29.6. The first-order valence-corrected chi connectivity index (χ1v) is 14.8. The van der Waals surface area contributed by atoms with Crippen LogP contribution in [0.5, 0.6) is 0 Å². The van der Waals surface area contributed by atoms with Crippen LogP contribution >= 0.6 is 0 Å². The minimum absolute atomic E-state index is 0.0681. The normalized spacial score (nSPS) is 16.7. The van der Waals surface area contributed by atoms with Crippen molar-refractivity contribution in [3.8, 4) is 0 Å². The Morgan fingerprint density at radius 2 is 1.52 bits per heavy atom. The van der Waals surface area contributed by atoms with Crippen molar-refractivity contribution in [1.82, 2.24) is 15.3 Å². The predicted molar refractivity (Wildman–Crippen MR) is 170 cm³/mol. The lowest BCUT2D eigenvalue weighted by molar-refractivity contribution is -0.121. The molecule has 1 heterocycles. The molecule has 3 aromatic carbocycles. The zero-order valence-corrected chi connectivity index (χ0v) is 24.9. The molecule has 0 radical (unpaired) electrons. The van der Waals surface area contributed by atoms with Crippen LogP contribution in [0.15, 0.2) is 72.8 Å². The van der Waals surface area contributed by atoms with Crippen molar-refractivity contribution in [2.45, 2.75) is 64.0 Å².